The summed E-state index contributed by atoms with van der Waals surface area (Å²) < 4.78 is 57.9. The molecule has 1 amide bonds. The molecule has 1 aromatic carbocycles. The molecule has 26 heavy (non-hydrogen) atoms. The third-order valence-electron chi connectivity index (χ3n) is 3.88. The van der Waals surface area contributed by atoms with E-state index in [-0.39, 0.29) is 28.6 Å². The molecule has 0 aromatic heterocycles. The summed E-state index contributed by atoms with van der Waals surface area (Å²) in [5.74, 6) is -1.51. The summed E-state index contributed by atoms with van der Waals surface area (Å²) in [6, 6.07) is 3.83. The lowest BCUT2D eigenvalue weighted by atomic mass is 10.2. The number of methoxy groups -OCH3 is 1. The van der Waals surface area contributed by atoms with E-state index in [1.54, 1.807) is 14.1 Å². The van der Waals surface area contributed by atoms with Crippen molar-refractivity contribution >= 4 is 31.6 Å². The van der Waals surface area contributed by atoms with Crippen molar-refractivity contribution in [3.05, 3.63) is 18.2 Å². The van der Waals surface area contributed by atoms with Crippen LogP contribution in [0.15, 0.2) is 23.1 Å². The number of hydrogen-bond donors (Lipinski definition) is 1. The van der Waals surface area contributed by atoms with Gasteiger partial charge < -0.3 is 9.64 Å². The lowest BCUT2D eigenvalue weighted by Crippen LogP contribution is -2.32. The maximum atomic E-state index is 12.6. The summed E-state index contributed by atoms with van der Waals surface area (Å²) >= 11 is 0. The minimum Gasteiger partial charge on any atom is -0.495 e. The van der Waals surface area contributed by atoms with Crippen LogP contribution in [-0.2, 0) is 24.8 Å². The van der Waals surface area contributed by atoms with Gasteiger partial charge in [-0.15, -0.1) is 0 Å². The number of hydrogen-bond acceptors (Lipinski definition) is 7. The summed E-state index contributed by atoms with van der Waals surface area (Å²) in [7, 11) is -2.86. The second kappa shape index (κ2) is 7.51. The van der Waals surface area contributed by atoms with Crippen molar-refractivity contribution in [1.29, 1.82) is 0 Å². The molecule has 1 N–H and O–H groups in total. The molecule has 1 atom stereocenters. The smallest absolute Gasteiger partial charge is 0.244 e. The number of nitrogens with zero attached hydrogens (tertiary/aromatic N) is 2. The zero-order valence-corrected chi connectivity index (χ0v) is 16.7. The Kier molecular flexibility index (Phi) is 5.95. The van der Waals surface area contributed by atoms with Crippen LogP contribution in [0.25, 0.3) is 0 Å². The molecule has 1 aliphatic rings. The molecular formula is C15H23N3O6S2. The van der Waals surface area contributed by atoms with Gasteiger partial charge >= 0.3 is 0 Å². The van der Waals surface area contributed by atoms with Crippen LogP contribution in [-0.4, -0.2) is 67.7 Å². The molecule has 0 bridgehead atoms. The Balaban J connectivity index is 2.45. The van der Waals surface area contributed by atoms with Crippen molar-refractivity contribution in [3.8, 4) is 5.75 Å². The first-order chi connectivity index (χ1) is 12.0. The van der Waals surface area contributed by atoms with E-state index in [0.29, 0.717) is 10.8 Å². The third kappa shape index (κ3) is 4.17. The van der Waals surface area contributed by atoms with Gasteiger partial charge in [-0.25, -0.2) is 25.9 Å². The molecule has 0 aliphatic carbocycles. The normalized spacial score (nSPS) is 20.0. The number of benzene rings is 1. The van der Waals surface area contributed by atoms with Crippen LogP contribution in [0.1, 0.15) is 6.92 Å². The van der Waals surface area contributed by atoms with Gasteiger partial charge in [-0.05, 0) is 32.3 Å². The summed E-state index contributed by atoms with van der Waals surface area (Å²) in [4.78, 5) is 13.8. The van der Waals surface area contributed by atoms with Gasteiger partial charge in [0.25, 0.3) is 0 Å². The fourth-order valence-electron chi connectivity index (χ4n) is 2.57. The number of anilines is 1. The van der Waals surface area contributed by atoms with Crippen LogP contribution in [0.2, 0.25) is 0 Å². The van der Waals surface area contributed by atoms with E-state index >= 15 is 0 Å². The van der Waals surface area contributed by atoms with Crippen molar-refractivity contribution in [3.63, 3.8) is 0 Å². The molecule has 0 saturated carbocycles. The molecule has 146 valence electrons. The largest absolute Gasteiger partial charge is 0.495 e. The number of sulfonamides is 2. The first-order valence-corrected chi connectivity index (χ1v) is 11.0. The van der Waals surface area contributed by atoms with Gasteiger partial charge in [-0.3, -0.25) is 4.79 Å². The van der Waals surface area contributed by atoms with Crippen LogP contribution in [0.3, 0.4) is 0 Å². The topological polar surface area (TPSA) is 113 Å². The van der Waals surface area contributed by atoms with Gasteiger partial charge in [0.1, 0.15) is 10.6 Å². The highest BCUT2D eigenvalue weighted by atomic mass is 32.2. The fraction of sp³-hybridized carbons (Fsp3) is 0.533. The van der Waals surface area contributed by atoms with Gasteiger partial charge in [-0.1, -0.05) is 6.92 Å². The SMILES string of the molecule is COc1ccc(N2C(=O)C(C)CS2(=O)=O)cc1S(=O)(=O)NCCN(C)C. The molecular weight excluding hydrogens is 382 g/mol. The number of nitrogens with one attached hydrogen (secondary N) is 1. The van der Waals surface area contributed by atoms with Crippen LogP contribution >= 0.6 is 0 Å². The molecule has 1 saturated heterocycles. The monoisotopic (exact) mass is 405 g/mol. The molecule has 11 heteroatoms. The second-order valence-electron chi connectivity index (χ2n) is 6.32. The van der Waals surface area contributed by atoms with Gasteiger partial charge in [0.2, 0.25) is 26.0 Å². The lowest BCUT2D eigenvalue weighted by Gasteiger charge is -2.18. The standard InChI is InChI=1S/C15H23N3O6S2/c1-11-10-25(20,21)18(15(11)19)12-5-6-13(24-4)14(9-12)26(22,23)16-7-8-17(2)3/h5-6,9,11,16H,7-8,10H2,1-4H3. The maximum Gasteiger partial charge on any atom is 0.244 e. The van der Waals surface area contributed by atoms with Crippen molar-refractivity contribution in [1.82, 2.24) is 9.62 Å². The zero-order valence-electron chi connectivity index (χ0n) is 15.1. The first kappa shape index (κ1) is 20.6. The van der Waals surface area contributed by atoms with Crippen LogP contribution in [0.5, 0.6) is 5.75 Å². The Morgan fingerprint density at radius 2 is 2.00 bits per heavy atom. The second-order valence-corrected chi connectivity index (χ2v) is 9.92. The maximum absolute atomic E-state index is 12.6. The number of likely N-dealkylation sites (N-methyl/N-ethyl adjacent to an activating group) is 1. The molecule has 1 aromatic rings. The summed E-state index contributed by atoms with van der Waals surface area (Å²) in [5, 5.41) is 0. The highest BCUT2D eigenvalue weighted by Crippen LogP contribution is 2.33. The molecule has 0 spiro atoms. The van der Waals surface area contributed by atoms with E-state index in [2.05, 4.69) is 4.72 Å². The summed E-state index contributed by atoms with van der Waals surface area (Å²) in [5.41, 5.74) is -0.0202. The summed E-state index contributed by atoms with van der Waals surface area (Å²) in [6.07, 6.45) is 0. The molecule has 1 aliphatic heterocycles. The Morgan fingerprint density at radius 1 is 1.35 bits per heavy atom. The fourth-order valence-corrected chi connectivity index (χ4v) is 5.59. The average molecular weight is 405 g/mol. The minimum absolute atomic E-state index is 0.0202. The predicted molar refractivity (Wildman–Crippen MR) is 97.2 cm³/mol. The molecule has 0 radical (unpaired) electrons. The summed E-state index contributed by atoms with van der Waals surface area (Å²) in [6.45, 7) is 2.17. The van der Waals surface area contributed by atoms with Crippen molar-refractivity contribution in [2.24, 2.45) is 5.92 Å². The number of carbonyl (C=O) groups excluding carboxylic acids is 1. The Morgan fingerprint density at radius 3 is 2.50 bits per heavy atom. The van der Waals surface area contributed by atoms with Crippen molar-refractivity contribution < 1.29 is 26.4 Å². The molecule has 2 rings (SSSR count). The Hall–Kier alpha value is -1.69. The minimum atomic E-state index is -3.95. The van der Waals surface area contributed by atoms with Gasteiger partial charge in [0, 0.05) is 13.1 Å². The molecule has 1 heterocycles. The van der Waals surface area contributed by atoms with E-state index in [9.17, 15) is 21.6 Å². The lowest BCUT2D eigenvalue weighted by molar-refractivity contribution is -0.119. The van der Waals surface area contributed by atoms with E-state index in [1.807, 2.05) is 4.90 Å². The van der Waals surface area contributed by atoms with Crippen LogP contribution in [0, 0.1) is 5.92 Å². The first-order valence-electron chi connectivity index (χ1n) is 7.89. The zero-order chi connectivity index (χ0) is 19.7. The highest BCUT2D eigenvalue weighted by molar-refractivity contribution is 7.94. The highest BCUT2D eigenvalue weighted by Gasteiger charge is 2.42. The molecule has 1 unspecified atom stereocenters. The van der Waals surface area contributed by atoms with Gasteiger partial charge in [-0.2, -0.15) is 0 Å². The third-order valence-corrected chi connectivity index (χ3v) is 7.23. The van der Waals surface area contributed by atoms with Crippen molar-refractivity contribution in [2.75, 3.05) is 44.4 Å². The van der Waals surface area contributed by atoms with Gasteiger partial charge in [0.05, 0.1) is 24.5 Å². The number of amides is 1. The number of carbonyl (C=O) groups is 1. The van der Waals surface area contributed by atoms with Crippen molar-refractivity contribution in [2.45, 2.75) is 11.8 Å². The molecule has 9 nitrogen and oxygen atoms in total. The van der Waals surface area contributed by atoms with E-state index in [0.717, 1.165) is 6.07 Å². The number of rotatable bonds is 7. The quantitative estimate of drug-likeness (QED) is 0.671. The van der Waals surface area contributed by atoms with Gasteiger partial charge in [0.15, 0.2) is 0 Å². The van der Waals surface area contributed by atoms with Crippen LogP contribution in [0.4, 0.5) is 5.69 Å². The Labute approximate surface area is 154 Å². The van der Waals surface area contributed by atoms with Crippen LogP contribution < -0.4 is 13.8 Å². The molecule has 1 fully saturated rings. The van der Waals surface area contributed by atoms with E-state index < -0.39 is 31.9 Å². The van der Waals surface area contributed by atoms with E-state index in [1.165, 1.54) is 26.2 Å². The van der Waals surface area contributed by atoms with E-state index in [4.69, 9.17) is 4.74 Å². The number of ether oxygens (including phenoxy) is 1. The predicted octanol–water partition coefficient (Wildman–Crippen LogP) is -0.152. The Bertz CT molecular complexity index is 896. The average Bonchev–Trinajstić information content (AvgIpc) is 2.73.